The van der Waals surface area contributed by atoms with Crippen LogP contribution in [0.15, 0.2) is 23.3 Å². The lowest BCUT2D eigenvalue weighted by Gasteiger charge is -2.72. The summed E-state index contributed by atoms with van der Waals surface area (Å²) in [6.07, 6.45) is 7.98. The first-order valence-corrected chi connectivity index (χ1v) is 16.5. The predicted octanol–water partition coefficient (Wildman–Crippen LogP) is 5.82. The first-order valence-electron chi connectivity index (χ1n) is 16.5. The van der Waals surface area contributed by atoms with Gasteiger partial charge >= 0.3 is 5.97 Å². The molecule has 0 aromatic rings. The molecule has 4 N–H and O–H groups in total. The highest BCUT2D eigenvalue weighted by atomic mass is 16.5. The number of allylic oxidation sites excluding steroid dienone is 3. The summed E-state index contributed by atoms with van der Waals surface area (Å²) in [5.41, 5.74) is 0.339. The number of aliphatic hydroxyl groups is 4. The molecular weight excluding hydrogens is 528 g/mol. The van der Waals surface area contributed by atoms with E-state index in [0.717, 1.165) is 37.7 Å². The monoisotopic (exact) mass is 586 g/mol. The Morgan fingerprint density at radius 2 is 1.64 bits per heavy atom. The van der Waals surface area contributed by atoms with E-state index < -0.39 is 29.1 Å². The van der Waals surface area contributed by atoms with Crippen LogP contribution >= 0.6 is 0 Å². The summed E-state index contributed by atoms with van der Waals surface area (Å²) in [6, 6.07) is 0. The lowest BCUT2D eigenvalue weighted by molar-refractivity contribution is -0.244. The van der Waals surface area contributed by atoms with Crippen LogP contribution in [0.2, 0.25) is 0 Å². The molecule has 0 aliphatic heterocycles. The van der Waals surface area contributed by atoms with Gasteiger partial charge in [0.05, 0.1) is 31.5 Å². The largest absolute Gasteiger partial charge is 0.462 e. The second kappa shape index (κ2) is 10.2. The predicted molar refractivity (Wildman–Crippen MR) is 164 cm³/mol. The van der Waals surface area contributed by atoms with Crippen molar-refractivity contribution in [1.29, 1.82) is 0 Å². The Labute approximate surface area is 254 Å². The van der Waals surface area contributed by atoms with E-state index in [9.17, 15) is 25.2 Å². The number of esters is 1. The van der Waals surface area contributed by atoms with Crippen LogP contribution in [0.5, 0.6) is 0 Å². The zero-order chi connectivity index (χ0) is 31.3. The molecule has 0 amide bonds. The topological polar surface area (TPSA) is 107 Å². The zero-order valence-corrected chi connectivity index (χ0v) is 27.7. The molecule has 0 bridgehead atoms. The molecule has 3 unspecified atom stereocenters. The number of hydrogen-bond acceptors (Lipinski definition) is 6. The van der Waals surface area contributed by atoms with Crippen molar-refractivity contribution in [2.24, 2.45) is 56.2 Å². The van der Waals surface area contributed by atoms with Crippen molar-refractivity contribution in [3.05, 3.63) is 23.3 Å². The van der Waals surface area contributed by atoms with Crippen LogP contribution < -0.4 is 0 Å². The van der Waals surface area contributed by atoms with Gasteiger partial charge in [0.15, 0.2) is 0 Å². The van der Waals surface area contributed by atoms with Gasteiger partial charge in [0.25, 0.3) is 0 Å². The molecule has 0 aromatic carbocycles. The van der Waals surface area contributed by atoms with Crippen molar-refractivity contribution in [3.63, 3.8) is 0 Å². The lowest BCUT2D eigenvalue weighted by Crippen LogP contribution is -2.70. The molecule has 4 fully saturated rings. The fourth-order valence-corrected chi connectivity index (χ4v) is 11.9. The third-order valence-corrected chi connectivity index (χ3v) is 14.6. The minimum Gasteiger partial charge on any atom is -0.462 e. The van der Waals surface area contributed by atoms with E-state index in [2.05, 4.69) is 47.6 Å². The van der Waals surface area contributed by atoms with E-state index in [4.69, 9.17) is 4.74 Å². The number of carbonyl (C=O) groups excluding carboxylic acids is 1. The first kappa shape index (κ1) is 32.2. The van der Waals surface area contributed by atoms with Crippen LogP contribution in [0.4, 0.5) is 0 Å². The Morgan fingerprint density at radius 3 is 2.26 bits per heavy atom. The molecule has 0 saturated heterocycles. The molecule has 42 heavy (non-hydrogen) atoms. The molecule has 6 heteroatoms. The van der Waals surface area contributed by atoms with E-state index in [1.54, 1.807) is 0 Å². The molecule has 0 radical (unpaired) electrons. The second-order valence-electron chi connectivity index (χ2n) is 17.2. The second-order valence-corrected chi connectivity index (χ2v) is 17.2. The Hall–Kier alpha value is -1.21. The zero-order valence-electron chi connectivity index (χ0n) is 27.7. The smallest absolute Gasteiger partial charge is 0.330 e. The number of hydrogen-bond donors (Lipinski definition) is 4. The van der Waals surface area contributed by atoms with Gasteiger partial charge in [0.1, 0.15) is 0 Å². The molecular formula is C36H58O6. The van der Waals surface area contributed by atoms with Crippen molar-refractivity contribution in [1.82, 2.24) is 0 Å². The molecule has 0 heterocycles. The number of aliphatic hydroxyl groups excluding tert-OH is 4. The van der Waals surface area contributed by atoms with Crippen LogP contribution in [-0.2, 0) is 9.53 Å². The van der Waals surface area contributed by atoms with E-state index in [1.807, 2.05) is 20.8 Å². The van der Waals surface area contributed by atoms with Crippen molar-refractivity contribution in [2.45, 2.75) is 126 Å². The van der Waals surface area contributed by atoms with Gasteiger partial charge in [-0.15, -0.1) is 0 Å². The number of fused-ring (bicyclic) bond motifs is 7. The Bertz CT molecular complexity index is 1150. The molecule has 5 rings (SSSR count). The number of carbonyl (C=O) groups is 1. The van der Waals surface area contributed by atoms with Gasteiger partial charge in [-0.1, -0.05) is 65.7 Å². The molecule has 5 aliphatic carbocycles. The van der Waals surface area contributed by atoms with Crippen molar-refractivity contribution >= 4 is 5.97 Å². The van der Waals surface area contributed by atoms with Gasteiger partial charge in [-0.2, -0.15) is 0 Å². The highest BCUT2D eigenvalue weighted by Gasteiger charge is 2.71. The third kappa shape index (κ3) is 4.13. The van der Waals surface area contributed by atoms with Crippen LogP contribution in [0.25, 0.3) is 0 Å². The van der Waals surface area contributed by atoms with Crippen molar-refractivity contribution in [2.75, 3.05) is 13.2 Å². The van der Waals surface area contributed by atoms with Gasteiger partial charge < -0.3 is 25.2 Å². The van der Waals surface area contributed by atoms with Crippen LogP contribution in [-0.4, -0.2) is 57.9 Å². The normalized spacial score (nSPS) is 51.2. The van der Waals surface area contributed by atoms with Gasteiger partial charge in [0.2, 0.25) is 0 Å². The van der Waals surface area contributed by atoms with Crippen LogP contribution in [0.1, 0.15) is 107 Å². The summed E-state index contributed by atoms with van der Waals surface area (Å²) >= 11 is 0. The molecule has 0 spiro atoms. The maximum absolute atomic E-state index is 12.5. The van der Waals surface area contributed by atoms with Crippen LogP contribution in [0, 0.1) is 56.2 Å². The molecule has 4 saturated carbocycles. The summed E-state index contributed by atoms with van der Waals surface area (Å²) in [7, 11) is 0. The SMILES string of the molecule is CC(C)=CC(=O)OC[C@]1(C)C2CC[C@]3(C)C(CC=C4C5CC(C)(C)[C@@H](O)[C@H](C)[C@]5(CO)[C@H](O)C[C@]43C)[C@@]2(C)CC[C@@H]1O. The average Bonchev–Trinajstić information content (AvgIpc) is 2.89. The van der Waals surface area contributed by atoms with Gasteiger partial charge in [-0.3, -0.25) is 0 Å². The average molecular weight is 587 g/mol. The van der Waals surface area contributed by atoms with Gasteiger partial charge in [-0.25, -0.2) is 4.79 Å². The third-order valence-electron chi connectivity index (χ3n) is 14.6. The Kier molecular flexibility index (Phi) is 7.78. The summed E-state index contributed by atoms with van der Waals surface area (Å²) in [6.45, 7) is 19.5. The fourth-order valence-electron chi connectivity index (χ4n) is 11.9. The van der Waals surface area contributed by atoms with E-state index in [1.165, 1.54) is 11.6 Å². The Morgan fingerprint density at radius 1 is 0.976 bits per heavy atom. The summed E-state index contributed by atoms with van der Waals surface area (Å²) in [5.74, 6) is 0.0170. The summed E-state index contributed by atoms with van der Waals surface area (Å²) in [5, 5.41) is 45.7. The molecule has 5 aliphatic rings. The number of rotatable bonds is 4. The fraction of sp³-hybridized carbons (Fsp3) is 0.861. The van der Waals surface area contributed by atoms with Crippen molar-refractivity contribution in [3.8, 4) is 0 Å². The standard InChI is InChI=1S/C36H58O6/c1-21(2)16-29(40)42-20-33(7)25-12-15-34(8)26(32(25,6)14-13-27(33)38)11-10-23-24-17-31(4,5)30(41)22(3)36(24,19-37)28(39)18-35(23,34)9/h10,16,22,24-28,30,37-39,41H,11-15,17-20H2,1-9H3/t22-,24?,25?,26?,27-,28+,30-,32-,33+,34+,35+,36-/m0/s1. The van der Waals surface area contributed by atoms with Gasteiger partial charge in [0, 0.05) is 16.9 Å². The van der Waals surface area contributed by atoms with Crippen molar-refractivity contribution < 1.29 is 30.0 Å². The molecule has 6 nitrogen and oxygen atoms in total. The first-order chi connectivity index (χ1) is 19.3. The molecule has 238 valence electrons. The molecule has 12 atom stereocenters. The summed E-state index contributed by atoms with van der Waals surface area (Å²) in [4.78, 5) is 12.5. The maximum Gasteiger partial charge on any atom is 0.330 e. The van der Waals surface area contributed by atoms with E-state index in [0.29, 0.717) is 18.8 Å². The van der Waals surface area contributed by atoms with E-state index in [-0.39, 0.29) is 58.6 Å². The van der Waals surface area contributed by atoms with Crippen LogP contribution in [0.3, 0.4) is 0 Å². The highest BCUT2D eigenvalue weighted by Crippen LogP contribution is 2.76. The minimum atomic E-state index is -0.743. The summed E-state index contributed by atoms with van der Waals surface area (Å²) < 4.78 is 5.80. The van der Waals surface area contributed by atoms with Gasteiger partial charge in [-0.05, 0) is 104 Å². The maximum atomic E-state index is 12.5. The Balaban J connectivity index is 1.54. The quantitative estimate of drug-likeness (QED) is 0.188. The highest BCUT2D eigenvalue weighted by molar-refractivity contribution is 5.82. The van der Waals surface area contributed by atoms with E-state index >= 15 is 0 Å². The minimum absolute atomic E-state index is 0.0147. The lowest BCUT2D eigenvalue weighted by atomic mass is 9.32. The number of ether oxygens (including phenoxy) is 1. The molecule has 0 aromatic heterocycles.